The largest absolute Gasteiger partial charge is 0.319 e. The fraction of sp³-hybridized carbons (Fsp3) is 0.613. The minimum atomic E-state index is 1.15. The van der Waals surface area contributed by atoms with E-state index >= 15 is 0 Å². The van der Waals surface area contributed by atoms with Crippen molar-refractivity contribution >= 4 is 0 Å². The fourth-order valence-corrected chi connectivity index (χ4v) is 4.26. The van der Waals surface area contributed by atoms with Crippen LogP contribution >= 0.6 is 0 Å². The fourth-order valence-electron chi connectivity index (χ4n) is 4.26. The maximum Gasteiger partial charge on any atom is 0.104 e. The molecule has 0 saturated heterocycles. The lowest BCUT2D eigenvalue weighted by molar-refractivity contribution is -0.940. The Balaban J connectivity index is 2.86. The monoisotopic (exact) mass is 438 g/mol. The number of quaternary nitrogens is 1. The van der Waals surface area contributed by atoms with Crippen molar-refractivity contribution in [3.8, 4) is 0 Å². The van der Waals surface area contributed by atoms with Crippen molar-refractivity contribution in [1.29, 1.82) is 0 Å². The minimum Gasteiger partial charge on any atom is -0.319 e. The molecule has 0 bridgehead atoms. The second-order valence-corrected chi connectivity index (χ2v) is 9.36. The molecule has 0 saturated carbocycles. The highest BCUT2D eigenvalue weighted by Gasteiger charge is 2.25. The molecule has 0 fully saturated rings. The van der Waals surface area contributed by atoms with Crippen LogP contribution in [0, 0.1) is 0 Å². The van der Waals surface area contributed by atoms with E-state index in [1.165, 1.54) is 107 Å². The van der Waals surface area contributed by atoms with Gasteiger partial charge in [0.25, 0.3) is 0 Å². The van der Waals surface area contributed by atoms with Crippen LogP contribution < -0.4 is 0 Å². The summed E-state index contributed by atoms with van der Waals surface area (Å²) in [7, 11) is 0. The van der Waals surface area contributed by atoms with E-state index in [0.29, 0.717) is 0 Å². The van der Waals surface area contributed by atoms with E-state index < -0.39 is 0 Å². The van der Waals surface area contributed by atoms with E-state index in [1.54, 1.807) is 0 Å². The Kier molecular flexibility index (Phi) is 17.8. The molecule has 1 heteroatoms. The van der Waals surface area contributed by atoms with Crippen molar-refractivity contribution in [3.05, 3.63) is 72.4 Å². The van der Waals surface area contributed by atoms with Crippen LogP contribution in [-0.2, 0) is 6.54 Å². The maximum atomic E-state index is 2.45. The number of hydrogen-bond acceptors (Lipinski definition) is 0. The molecule has 0 aliphatic rings. The molecule has 0 radical (unpaired) electrons. The first kappa shape index (κ1) is 28.4. The van der Waals surface area contributed by atoms with Gasteiger partial charge in [-0.2, -0.15) is 0 Å². The summed E-state index contributed by atoms with van der Waals surface area (Å²) in [5.41, 5.74) is 1.48. The third-order valence-electron chi connectivity index (χ3n) is 6.34. The number of benzene rings is 1. The second-order valence-electron chi connectivity index (χ2n) is 9.36. The third kappa shape index (κ3) is 14.5. The zero-order valence-electron chi connectivity index (χ0n) is 21.6. The SMILES string of the molecule is CCCC/C=C/CC[N+](CC/C=C/CCCC)(CC/C=C/CCCC)Cc1ccccc1. The molecule has 1 aromatic rings. The second kappa shape index (κ2) is 20.0. The van der Waals surface area contributed by atoms with E-state index in [0.717, 1.165) is 6.54 Å². The number of nitrogens with zero attached hydrogens (tertiary/aromatic N) is 1. The number of hydrogen-bond donors (Lipinski definition) is 0. The zero-order valence-corrected chi connectivity index (χ0v) is 21.6. The van der Waals surface area contributed by atoms with Gasteiger partial charge in [-0.3, -0.25) is 0 Å². The first-order valence-corrected chi connectivity index (χ1v) is 13.6. The van der Waals surface area contributed by atoms with Gasteiger partial charge in [0.15, 0.2) is 0 Å². The van der Waals surface area contributed by atoms with Crippen LogP contribution in [-0.4, -0.2) is 24.1 Å². The zero-order chi connectivity index (χ0) is 23.2. The Morgan fingerprint density at radius 1 is 0.531 bits per heavy atom. The molecule has 0 N–H and O–H groups in total. The van der Waals surface area contributed by atoms with Gasteiger partial charge in [-0.05, 0) is 19.3 Å². The Bertz CT molecular complexity index is 556. The van der Waals surface area contributed by atoms with Gasteiger partial charge < -0.3 is 4.48 Å². The highest BCUT2D eigenvalue weighted by Crippen LogP contribution is 2.19. The molecule has 0 aliphatic heterocycles. The summed E-state index contributed by atoms with van der Waals surface area (Å²) in [6, 6.07) is 11.2. The molecule has 1 aromatic carbocycles. The quantitative estimate of drug-likeness (QED) is 0.108. The molecule has 0 amide bonds. The van der Waals surface area contributed by atoms with Gasteiger partial charge in [-0.1, -0.05) is 126 Å². The summed E-state index contributed by atoms with van der Waals surface area (Å²) in [4.78, 5) is 0. The van der Waals surface area contributed by atoms with Crippen LogP contribution in [0.5, 0.6) is 0 Å². The van der Waals surface area contributed by atoms with E-state index in [-0.39, 0.29) is 0 Å². The Morgan fingerprint density at radius 3 is 1.28 bits per heavy atom. The lowest BCUT2D eigenvalue weighted by atomic mass is 10.1. The predicted octanol–water partition coefficient (Wildman–Crippen LogP) is 9.41. The molecule has 0 aliphatic carbocycles. The third-order valence-corrected chi connectivity index (χ3v) is 6.34. The highest BCUT2D eigenvalue weighted by molar-refractivity contribution is 5.13. The Morgan fingerprint density at radius 2 is 0.906 bits per heavy atom. The Labute approximate surface area is 200 Å². The van der Waals surface area contributed by atoms with Crippen molar-refractivity contribution in [2.45, 2.75) is 104 Å². The van der Waals surface area contributed by atoms with Crippen molar-refractivity contribution in [3.63, 3.8) is 0 Å². The summed E-state index contributed by atoms with van der Waals surface area (Å²) < 4.78 is 1.19. The van der Waals surface area contributed by atoms with E-state index in [9.17, 15) is 0 Å². The summed E-state index contributed by atoms with van der Waals surface area (Å²) in [6.07, 6.45) is 29.6. The molecule has 1 rings (SSSR count). The van der Waals surface area contributed by atoms with E-state index in [2.05, 4.69) is 87.6 Å². The first-order valence-electron chi connectivity index (χ1n) is 13.6. The average Bonchev–Trinajstić information content (AvgIpc) is 2.81. The Hall–Kier alpha value is -1.60. The maximum absolute atomic E-state index is 2.45. The number of unbranched alkanes of at least 4 members (excludes halogenated alkanes) is 6. The van der Waals surface area contributed by atoms with Gasteiger partial charge in [0.1, 0.15) is 6.54 Å². The molecule has 180 valence electrons. The van der Waals surface area contributed by atoms with Crippen LogP contribution in [0.2, 0.25) is 0 Å². The van der Waals surface area contributed by atoms with Crippen LogP contribution in [0.4, 0.5) is 0 Å². The summed E-state index contributed by atoms with van der Waals surface area (Å²) >= 11 is 0. The molecule has 0 spiro atoms. The first-order chi connectivity index (χ1) is 15.8. The highest BCUT2D eigenvalue weighted by atomic mass is 15.3. The van der Waals surface area contributed by atoms with E-state index in [1.807, 2.05) is 0 Å². The average molecular weight is 439 g/mol. The van der Waals surface area contributed by atoms with Crippen LogP contribution in [0.25, 0.3) is 0 Å². The van der Waals surface area contributed by atoms with Gasteiger partial charge in [0.05, 0.1) is 19.6 Å². The molecular formula is C31H52N+. The molecule has 32 heavy (non-hydrogen) atoms. The van der Waals surface area contributed by atoms with Crippen LogP contribution in [0.3, 0.4) is 0 Å². The summed E-state index contributed by atoms with van der Waals surface area (Å²) in [6.45, 7) is 11.7. The summed E-state index contributed by atoms with van der Waals surface area (Å²) in [5.74, 6) is 0. The summed E-state index contributed by atoms with van der Waals surface area (Å²) in [5, 5.41) is 0. The van der Waals surface area contributed by atoms with Crippen molar-refractivity contribution in [2.24, 2.45) is 0 Å². The predicted molar refractivity (Wildman–Crippen MR) is 145 cm³/mol. The van der Waals surface area contributed by atoms with Crippen LogP contribution in [0.15, 0.2) is 66.8 Å². The molecule has 0 heterocycles. The normalized spacial score (nSPS) is 12.6. The van der Waals surface area contributed by atoms with Gasteiger partial charge in [0, 0.05) is 24.8 Å². The number of rotatable bonds is 20. The van der Waals surface area contributed by atoms with Crippen molar-refractivity contribution in [1.82, 2.24) is 0 Å². The number of allylic oxidation sites excluding steroid dienone is 3. The van der Waals surface area contributed by atoms with Crippen LogP contribution in [0.1, 0.15) is 103 Å². The van der Waals surface area contributed by atoms with Crippen molar-refractivity contribution in [2.75, 3.05) is 19.6 Å². The lowest BCUT2D eigenvalue weighted by Crippen LogP contribution is -2.49. The molecule has 1 nitrogen and oxygen atoms in total. The van der Waals surface area contributed by atoms with Gasteiger partial charge in [0.2, 0.25) is 0 Å². The topological polar surface area (TPSA) is 0 Å². The molecular weight excluding hydrogens is 386 g/mol. The smallest absolute Gasteiger partial charge is 0.104 e. The van der Waals surface area contributed by atoms with Gasteiger partial charge in [-0.25, -0.2) is 0 Å². The van der Waals surface area contributed by atoms with Gasteiger partial charge >= 0.3 is 0 Å². The van der Waals surface area contributed by atoms with Crippen molar-refractivity contribution < 1.29 is 4.48 Å². The lowest BCUT2D eigenvalue weighted by Gasteiger charge is -2.39. The minimum absolute atomic E-state index is 1.15. The molecule has 0 aromatic heterocycles. The van der Waals surface area contributed by atoms with Gasteiger partial charge in [-0.15, -0.1) is 0 Å². The standard InChI is InChI=1S/C31H52N/c1-4-7-10-13-16-22-27-32(28-23-17-14-11-8-5-2,29-24-18-15-12-9-6-3)30-31-25-20-19-21-26-31/h13-21,25-26H,4-12,22-24,27-30H2,1-3H3/q+1/b16-13+,17-14+,18-15+. The molecule has 0 unspecified atom stereocenters. The molecule has 0 atom stereocenters. The van der Waals surface area contributed by atoms with E-state index in [4.69, 9.17) is 0 Å².